The van der Waals surface area contributed by atoms with Crippen molar-refractivity contribution in [2.75, 3.05) is 11.9 Å². The predicted molar refractivity (Wildman–Crippen MR) is 120 cm³/mol. The summed E-state index contributed by atoms with van der Waals surface area (Å²) in [6, 6.07) is 9.12. The summed E-state index contributed by atoms with van der Waals surface area (Å²) in [6.45, 7) is 4.67. The zero-order valence-electron chi connectivity index (χ0n) is 17.7. The van der Waals surface area contributed by atoms with E-state index in [4.69, 9.17) is 26.1 Å². The van der Waals surface area contributed by atoms with E-state index in [1.54, 1.807) is 26.0 Å². The van der Waals surface area contributed by atoms with Crippen molar-refractivity contribution in [2.45, 2.75) is 33.9 Å². The van der Waals surface area contributed by atoms with Gasteiger partial charge in [0.15, 0.2) is 12.4 Å². The molecule has 2 heterocycles. The highest BCUT2D eigenvalue weighted by Gasteiger charge is 2.25. The number of ketones is 1. The average Bonchev–Trinajstić information content (AvgIpc) is 3.26. The van der Waals surface area contributed by atoms with Gasteiger partial charge in [-0.3, -0.25) is 9.59 Å². The Hall–Kier alpha value is -3.31. The van der Waals surface area contributed by atoms with Gasteiger partial charge in [-0.1, -0.05) is 18.2 Å². The second-order valence-corrected chi connectivity index (χ2v) is 7.98. The van der Waals surface area contributed by atoms with Crippen LogP contribution in [0.25, 0.3) is 0 Å². The number of benzene rings is 1. The number of carbonyl (C=O) groups excluding carboxylic acids is 3. The summed E-state index contributed by atoms with van der Waals surface area (Å²) in [5.74, 6) is -0.457. The van der Waals surface area contributed by atoms with E-state index < -0.39 is 11.9 Å². The molecule has 1 amide bonds. The summed E-state index contributed by atoms with van der Waals surface area (Å²) in [7, 11) is 0. The molecule has 0 unspecified atom stereocenters. The van der Waals surface area contributed by atoms with Crippen molar-refractivity contribution in [3.05, 3.63) is 57.1 Å². The lowest BCUT2D eigenvalue weighted by molar-refractivity contribution is -0.116. The first-order valence-corrected chi connectivity index (χ1v) is 10.9. The molecule has 2 aromatic heterocycles. The molecule has 32 heavy (non-hydrogen) atoms. The Morgan fingerprint density at radius 2 is 1.97 bits per heavy atom. The second-order valence-electron chi connectivity index (χ2n) is 6.61. The van der Waals surface area contributed by atoms with Crippen LogP contribution in [0, 0.1) is 11.8 Å². The van der Waals surface area contributed by atoms with Gasteiger partial charge in [0, 0.05) is 0 Å². The fraction of sp³-hybridized carbons (Fsp3) is 0.286. The summed E-state index contributed by atoms with van der Waals surface area (Å²) in [4.78, 5) is 37.3. The van der Waals surface area contributed by atoms with E-state index in [2.05, 4.69) is 10.4 Å². The van der Waals surface area contributed by atoms with Crippen LogP contribution in [0.5, 0.6) is 5.75 Å². The van der Waals surface area contributed by atoms with E-state index >= 15 is 0 Å². The summed E-state index contributed by atoms with van der Waals surface area (Å²) < 4.78 is 17.2. The van der Waals surface area contributed by atoms with E-state index in [9.17, 15) is 14.4 Å². The van der Waals surface area contributed by atoms with Crippen LogP contribution in [0.3, 0.4) is 0 Å². The Bertz CT molecular complexity index is 1200. The highest BCUT2D eigenvalue weighted by molar-refractivity contribution is 7.71. The maximum Gasteiger partial charge on any atom is 0.341 e. The smallest absolute Gasteiger partial charge is 0.341 e. The first-order chi connectivity index (χ1) is 15.3. The minimum atomic E-state index is -0.609. The van der Waals surface area contributed by atoms with Crippen molar-refractivity contribution in [3.8, 4) is 5.75 Å². The number of amides is 1. The molecule has 0 saturated heterocycles. The van der Waals surface area contributed by atoms with E-state index in [0.717, 1.165) is 11.3 Å². The SMILES string of the molecule is CCOC(=O)c1c(NC(=O)Cn2nc(COc3ccccc3)oc2=S)sc(C(C)=O)c1C. The van der Waals surface area contributed by atoms with Gasteiger partial charge in [0.25, 0.3) is 10.7 Å². The van der Waals surface area contributed by atoms with Crippen LogP contribution in [-0.2, 0) is 22.7 Å². The number of carbonyl (C=O) groups is 3. The van der Waals surface area contributed by atoms with Gasteiger partial charge in [-0.25, -0.2) is 9.48 Å². The number of Topliss-reactive ketones (excluding diaryl/α,β-unsaturated/α-hetero) is 1. The number of nitrogens with zero attached hydrogens (tertiary/aromatic N) is 2. The monoisotopic (exact) mass is 475 g/mol. The number of rotatable bonds is 9. The molecule has 0 atom stereocenters. The van der Waals surface area contributed by atoms with Crippen molar-refractivity contribution in [1.82, 2.24) is 9.78 Å². The number of hydrogen-bond donors (Lipinski definition) is 1. The standard InChI is InChI=1S/C21H21N3O6S2/c1-4-28-20(27)17-12(2)18(13(3)25)32-19(17)22-15(26)10-24-21(31)30-16(23-24)11-29-14-8-6-5-7-9-14/h5-9H,4,10-11H2,1-3H3,(H,22,26). The Morgan fingerprint density at radius 3 is 2.62 bits per heavy atom. The molecule has 0 saturated carbocycles. The topological polar surface area (TPSA) is 113 Å². The molecule has 168 valence electrons. The Kier molecular flexibility index (Phi) is 7.54. The van der Waals surface area contributed by atoms with Gasteiger partial charge in [0.1, 0.15) is 17.3 Å². The predicted octanol–water partition coefficient (Wildman–Crippen LogP) is 4.17. The summed E-state index contributed by atoms with van der Waals surface area (Å²) in [5, 5.41) is 7.05. The lowest BCUT2D eigenvalue weighted by atomic mass is 10.1. The van der Waals surface area contributed by atoms with E-state index in [1.807, 2.05) is 18.2 Å². The molecule has 11 heteroatoms. The number of hydrogen-bond acceptors (Lipinski definition) is 9. The fourth-order valence-electron chi connectivity index (χ4n) is 2.86. The minimum Gasteiger partial charge on any atom is -0.484 e. The van der Waals surface area contributed by atoms with Crippen LogP contribution in [0.1, 0.15) is 45.3 Å². The molecular formula is C21H21N3O6S2. The molecule has 0 bridgehead atoms. The molecule has 1 aromatic carbocycles. The third-order valence-corrected chi connectivity index (χ3v) is 5.85. The summed E-state index contributed by atoms with van der Waals surface area (Å²) >= 11 is 6.15. The number of aromatic nitrogens is 2. The Balaban J connectivity index is 1.72. The number of ether oxygens (including phenoxy) is 2. The molecule has 0 fully saturated rings. The first-order valence-electron chi connectivity index (χ1n) is 9.66. The van der Waals surface area contributed by atoms with Crippen LogP contribution in [0.4, 0.5) is 5.00 Å². The third kappa shape index (κ3) is 5.48. The number of para-hydroxylation sites is 1. The molecule has 0 spiro atoms. The van der Waals surface area contributed by atoms with Crippen molar-refractivity contribution in [1.29, 1.82) is 0 Å². The number of thiophene rings is 1. The van der Waals surface area contributed by atoms with E-state index in [0.29, 0.717) is 16.2 Å². The molecular weight excluding hydrogens is 454 g/mol. The first kappa shape index (κ1) is 23.4. The van der Waals surface area contributed by atoms with E-state index in [-0.39, 0.29) is 46.8 Å². The maximum atomic E-state index is 12.6. The fourth-order valence-corrected chi connectivity index (χ4v) is 4.17. The van der Waals surface area contributed by atoms with E-state index in [1.165, 1.54) is 11.6 Å². The van der Waals surface area contributed by atoms with Gasteiger partial charge in [-0.05, 0) is 50.7 Å². The van der Waals surface area contributed by atoms with Gasteiger partial charge in [-0.2, -0.15) is 0 Å². The van der Waals surface area contributed by atoms with Crippen LogP contribution in [0.15, 0.2) is 34.7 Å². The van der Waals surface area contributed by atoms with Crippen molar-refractivity contribution in [2.24, 2.45) is 0 Å². The zero-order valence-corrected chi connectivity index (χ0v) is 19.3. The highest BCUT2D eigenvalue weighted by Crippen LogP contribution is 2.34. The van der Waals surface area contributed by atoms with Crippen molar-refractivity contribution >= 4 is 46.2 Å². The number of anilines is 1. The Labute approximate surface area is 193 Å². The minimum absolute atomic E-state index is 0.00390. The largest absolute Gasteiger partial charge is 0.484 e. The summed E-state index contributed by atoms with van der Waals surface area (Å²) in [6.07, 6.45) is 0. The van der Waals surface area contributed by atoms with Crippen LogP contribution < -0.4 is 10.1 Å². The quantitative estimate of drug-likeness (QED) is 0.279. The second kappa shape index (κ2) is 10.3. The molecule has 9 nitrogen and oxygen atoms in total. The highest BCUT2D eigenvalue weighted by atomic mass is 32.1. The lowest BCUT2D eigenvalue weighted by Gasteiger charge is -2.07. The van der Waals surface area contributed by atoms with Gasteiger partial charge < -0.3 is 19.2 Å². The molecule has 0 aliphatic heterocycles. The zero-order chi connectivity index (χ0) is 23.3. The number of nitrogens with one attached hydrogen (secondary N) is 1. The normalized spacial score (nSPS) is 10.6. The maximum absolute atomic E-state index is 12.6. The van der Waals surface area contributed by atoms with Crippen LogP contribution in [-0.4, -0.2) is 34.0 Å². The van der Waals surface area contributed by atoms with Gasteiger partial charge in [0.2, 0.25) is 5.91 Å². The van der Waals surface area contributed by atoms with Crippen molar-refractivity contribution in [3.63, 3.8) is 0 Å². The summed E-state index contributed by atoms with van der Waals surface area (Å²) in [5.41, 5.74) is 0.630. The van der Waals surface area contributed by atoms with Crippen LogP contribution in [0.2, 0.25) is 0 Å². The Morgan fingerprint density at radius 1 is 1.25 bits per heavy atom. The van der Waals surface area contributed by atoms with Crippen molar-refractivity contribution < 1.29 is 28.3 Å². The average molecular weight is 476 g/mol. The van der Waals surface area contributed by atoms with Gasteiger partial charge >= 0.3 is 5.97 Å². The molecule has 0 radical (unpaired) electrons. The molecule has 0 aliphatic carbocycles. The van der Waals surface area contributed by atoms with Gasteiger partial charge in [-0.15, -0.1) is 16.4 Å². The van der Waals surface area contributed by atoms with Gasteiger partial charge in [0.05, 0.1) is 17.0 Å². The lowest BCUT2D eigenvalue weighted by Crippen LogP contribution is -2.21. The third-order valence-electron chi connectivity index (χ3n) is 4.25. The van der Waals surface area contributed by atoms with Crippen LogP contribution >= 0.6 is 23.6 Å². The molecule has 3 aromatic rings. The molecule has 3 rings (SSSR count). The molecule has 0 aliphatic rings. The molecule has 1 N–H and O–H groups in total. The number of esters is 1.